The summed E-state index contributed by atoms with van der Waals surface area (Å²) in [6.07, 6.45) is 1.03. The molecule has 0 fully saturated rings. The molecule has 2 aromatic carbocycles. The van der Waals surface area contributed by atoms with Crippen molar-refractivity contribution in [1.82, 2.24) is 10.3 Å². The molecule has 7 nitrogen and oxygen atoms in total. The first kappa shape index (κ1) is 20.2. The number of anilines is 1. The Morgan fingerprint density at radius 3 is 2.73 bits per heavy atom. The van der Waals surface area contributed by atoms with Gasteiger partial charge < -0.3 is 20.1 Å². The third-order valence-corrected chi connectivity index (χ3v) is 5.71. The van der Waals surface area contributed by atoms with Crippen molar-refractivity contribution in [3.63, 3.8) is 0 Å². The van der Waals surface area contributed by atoms with Crippen LogP contribution in [0.1, 0.15) is 31.4 Å². The van der Waals surface area contributed by atoms with Gasteiger partial charge in [0.15, 0.2) is 16.6 Å². The summed E-state index contributed by atoms with van der Waals surface area (Å²) < 4.78 is 11.6. The van der Waals surface area contributed by atoms with E-state index in [4.69, 9.17) is 9.47 Å². The topological polar surface area (TPSA) is 89.6 Å². The Bertz CT molecular complexity index is 1090. The predicted octanol–water partition coefficient (Wildman–Crippen LogP) is 3.87. The minimum Gasteiger partial charge on any atom is -0.454 e. The van der Waals surface area contributed by atoms with Crippen LogP contribution in [0.25, 0.3) is 10.2 Å². The number of nitrogens with zero attached hydrogens (tertiary/aromatic N) is 1. The van der Waals surface area contributed by atoms with Crippen LogP contribution >= 0.6 is 11.3 Å². The van der Waals surface area contributed by atoms with Gasteiger partial charge in [0.05, 0.1) is 10.2 Å². The average Bonchev–Trinajstić information content (AvgIpc) is 3.35. The Morgan fingerprint density at radius 1 is 1.10 bits per heavy atom. The van der Waals surface area contributed by atoms with Crippen molar-refractivity contribution in [3.8, 4) is 11.5 Å². The molecule has 0 saturated heterocycles. The lowest BCUT2D eigenvalue weighted by molar-refractivity contribution is -0.121. The van der Waals surface area contributed by atoms with Crippen LogP contribution < -0.4 is 20.1 Å². The summed E-state index contributed by atoms with van der Waals surface area (Å²) >= 11 is 1.44. The van der Waals surface area contributed by atoms with Gasteiger partial charge in [0.25, 0.3) is 0 Å². The monoisotopic (exact) mass is 425 g/mol. The first-order valence-electron chi connectivity index (χ1n) is 9.83. The highest BCUT2D eigenvalue weighted by atomic mass is 32.1. The van der Waals surface area contributed by atoms with Gasteiger partial charge in [-0.2, -0.15) is 0 Å². The summed E-state index contributed by atoms with van der Waals surface area (Å²) in [6.45, 7) is 4.37. The molecule has 1 aliphatic rings. The predicted molar refractivity (Wildman–Crippen MR) is 116 cm³/mol. The molecule has 2 heterocycles. The highest BCUT2D eigenvalue weighted by Gasteiger charge is 2.14. The van der Waals surface area contributed by atoms with Gasteiger partial charge in [-0.15, -0.1) is 0 Å². The van der Waals surface area contributed by atoms with Gasteiger partial charge in [0, 0.05) is 18.9 Å². The number of rotatable bonds is 7. The summed E-state index contributed by atoms with van der Waals surface area (Å²) in [5.41, 5.74) is 2.87. The van der Waals surface area contributed by atoms with Crippen molar-refractivity contribution in [2.75, 3.05) is 12.1 Å². The molecule has 0 atom stereocenters. The number of ether oxygens (including phenoxy) is 2. The molecule has 8 heteroatoms. The molecule has 2 amide bonds. The maximum atomic E-state index is 12.3. The van der Waals surface area contributed by atoms with Gasteiger partial charge in [-0.25, -0.2) is 4.98 Å². The number of hydrogen-bond acceptors (Lipinski definition) is 6. The van der Waals surface area contributed by atoms with E-state index in [-0.39, 0.29) is 24.5 Å². The lowest BCUT2D eigenvalue weighted by Gasteiger charge is -2.06. The van der Waals surface area contributed by atoms with Crippen LogP contribution in [0.3, 0.4) is 0 Å². The lowest BCUT2D eigenvalue weighted by Crippen LogP contribution is -2.22. The fourth-order valence-electron chi connectivity index (χ4n) is 3.03. The fourth-order valence-corrected chi connectivity index (χ4v) is 3.96. The van der Waals surface area contributed by atoms with E-state index in [1.165, 1.54) is 11.3 Å². The minimum absolute atomic E-state index is 0.0121. The quantitative estimate of drug-likeness (QED) is 0.600. The second-order valence-electron chi connectivity index (χ2n) is 7.43. The Labute approximate surface area is 178 Å². The number of aromatic nitrogens is 1. The molecule has 0 bridgehead atoms. The molecular weight excluding hydrogens is 402 g/mol. The van der Waals surface area contributed by atoms with Gasteiger partial charge in [-0.3, -0.25) is 9.59 Å². The summed E-state index contributed by atoms with van der Waals surface area (Å²) in [7, 11) is 0. The van der Waals surface area contributed by atoms with Crippen LogP contribution in [0.5, 0.6) is 11.5 Å². The average molecular weight is 426 g/mol. The Morgan fingerprint density at radius 2 is 1.90 bits per heavy atom. The Balaban J connectivity index is 1.30. The minimum atomic E-state index is -0.0938. The van der Waals surface area contributed by atoms with Crippen LogP contribution in [0.4, 0.5) is 5.13 Å². The van der Waals surface area contributed by atoms with E-state index in [1.807, 2.05) is 50.2 Å². The molecule has 1 aliphatic heterocycles. The summed E-state index contributed by atoms with van der Waals surface area (Å²) in [4.78, 5) is 28.6. The van der Waals surface area contributed by atoms with E-state index in [2.05, 4.69) is 15.6 Å². The zero-order chi connectivity index (χ0) is 21.1. The molecule has 2 N–H and O–H groups in total. The Hall–Kier alpha value is -3.13. The van der Waals surface area contributed by atoms with Crippen molar-refractivity contribution in [2.45, 2.75) is 33.2 Å². The molecule has 0 unspecified atom stereocenters. The maximum Gasteiger partial charge on any atom is 0.231 e. The van der Waals surface area contributed by atoms with Crippen molar-refractivity contribution < 1.29 is 19.1 Å². The zero-order valence-corrected chi connectivity index (χ0v) is 17.7. The molecule has 0 spiro atoms. The van der Waals surface area contributed by atoms with Gasteiger partial charge in [-0.05, 0) is 41.8 Å². The largest absolute Gasteiger partial charge is 0.454 e. The van der Waals surface area contributed by atoms with Gasteiger partial charge in [0.1, 0.15) is 0 Å². The van der Waals surface area contributed by atoms with Crippen LogP contribution in [0.15, 0.2) is 36.4 Å². The maximum absolute atomic E-state index is 12.3. The third kappa shape index (κ3) is 4.71. The van der Waals surface area contributed by atoms with Crippen molar-refractivity contribution >= 4 is 38.5 Å². The molecule has 1 aromatic heterocycles. The number of benzene rings is 2. The van der Waals surface area contributed by atoms with E-state index >= 15 is 0 Å². The summed E-state index contributed by atoms with van der Waals surface area (Å²) in [6, 6.07) is 11.6. The Kier molecular flexibility index (Phi) is 5.85. The van der Waals surface area contributed by atoms with Crippen LogP contribution in [0.2, 0.25) is 0 Å². The molecular formula is C22H23N3O4S. The van der Waals surface area contributed by atoms with E-state index in [1.54, 1.807) is 0 Å². The van der Waals surface area contributed by atoms with E-state index in [9.17, 15) is 9.59 Å². The first-order valence-corrected chi connectivity index (χ1v) is 10.6. The number of fused-ring (bicyclic) bond motifs is 2. The van der Waals surface area contributed by atoms with Crippen molar-refractivity contribution in [3.05, 3.63) is 47.5 Å². The fraction of sp³-hybridized carbons (Fsp3) is 0.318. The van der Waals surface area contributed by atoms with E-state index < -0.39 is 0 Å². The standard InChI is InChI=1S/C22H23N3O4S/c1-13(2)21(27)25-22-24-16-6-3-14(10-19(16)30-22)5-8-20(26)23-11-15-4-7-17-18(9-15)29-12-28-17/h3-4,6-7,9-10,13H,5,8,11-12H2,1-2H3,(H,23,26)(H,24,25,27). The lowest BCUT2D eigenvalue weighted by atomic mass is 10.1. The van der Waals surface area contributed by atoms with Crippen LogP contribution in [0, 0.1) is 5.92 Å². The second-order valence-corrected chi connectivity index (χ2v) is 8.46. The SMILES string of the molecule is CC(C)C(=O)Nc1nc2ccc(CCC(=O)NCc3ccc4c(c3)OCO4)cc2s1. The molecule has 0 radical (unpaired) electrons. The van der Waals surface area contributed by atoms with Crippen molar-refractivity contribution in [1.29, 1.82) is 0 Å². The van der Waals surface area contributed by atoms with Gasteiger partial charge >= 0.3 is 0 Å². The number of aryl methyl sites for hydroxylation is 1. The first-order chi connectivity index (χ1) is 14.5. The molecule has 0 aliphatic carbocycles. The molecule has 30 heavy (non-hydrogen) atoms. The molecule has 3 aromatic rings. The normalized spacial score (nSPS) is 12.4. The van der Waals surface area contributed by atoms with E-state index in [0.29, 0.717) is 30.3 Å². The smallest absolute Gasteiger partial charge is 0.231 e. The third-order valence-electron chi connectivity index (χ3n) is 4.77. The molecule has 4 rings (SSSR count). The van der Waals surface area contributed by atoms with Gasteiger partial charge in [-0.1, -0.05) is 37.3 Å². The van der Waals surface area contributed by atoms with E-state index in [0.717, 1.165) is 27.1 Å². The molecule has 156 valence electrons. The van der Waals surface area contributed by atoms with Crippen LogP contribution in [-0.4, -0.2) is 23.6 Å². The number of hydrogen-bond donors (Lipinski definition) is 2. The van der Waals surface area contributed by atoms with Crippen molar-refractivity contribution in [2.24, 2.45) is 5.92 Å². The number of amides is 2. The summed E-state index contributed by atoms with van der Waals surface area (Å²) in [5.74, 6) is 1.29. The number of carbonyl (C=O) groups excluding carboxylic acids is 2. The highest BCUT2D eigenvalue weighted by molar-refractivity contribution is 7.22. The number of carbonyl (C=O) groups is 2. The van der Waals surface area contributed by atoms with Gasteiger partial charge in [0.2, 0.25) is 18.6 Å². The number of thiazole rings is 1. The van der Waals surface area contributed by atoms with Crippen LogP contribution in [-0.2, 0) is 22.6 Å². The zero-order valence-electron chi connectivity index (χ0n) is 16.9. The molecule has 0 saturated carbocycles. The summed E-state index contributed by atoms with van der Waals surface area (Å²) in [5, 5.41) is 6.38. The number of nitrogens with one attached hydrogen (secondary N) is 2. The highest BCUT2D eigenvalue weighted by Crippen LogP contribution is 2.32. The second kappa shape index (κ2) is 8.71.